The van der Waals surface area contributed by atoms with E-state index in [1.54, 1.807) is 0 Å². The standard InChI is InChI=1S/H2O4SSi/c1-5(2,3)6-4/h4H,(H,1,2,3). The van der Waals surface area contributed by atoms with Gasteiger partial charge in [0.05, 0.1) is 0 Å². The molecule has 0 unspecified atom stereocenters. The Kier molecular flexibility index (Phi) is 1.72. The fraction of sp³-hybridized carbons (Fsp3) is 0. The first-order valence-corrected chi connectivity index (χ1v) is 4.06. The quantitative estimate of drug-likeness (QED) is 0.328. The van der Waals surface area contributed by atoms with Crippen molar-refractivity contribution in [3.63, 3.8) is 0 Å². The summed E-state index contributed by atoms with van der Waals surface area (Å²) in [7, 11) is -5.48. The highest BCUT2D eigenvalue weighted by Crippen LogP contribution is 1.67. The molecule has 0 aliphatic rings. The summed E-state index contributed by atoms with van der Waals surface area (Å²) in [5, 5.41) is 0. The van der Waals surface area contributed by atoms with Crippen LogP contribution < -0.4 is 0 Å². The van der Waals surface area contributed by atoms with Crippen molar-refractivity contribution >= 4 is 18.5 Å². The first kappa shape index (κ1) is 6.09. The topological polar surface area (TPSA) is 74.6 Å². The maximum absolute atomic E-state index is 9.32. The molecule has 6 heavy (non-hydrogen) atoms. The van der Waals surface area contributed by atoms with Crippen LogP contribution in [0.2, 0.25) is 0 Å². The number of hydrogen-bond acceptors (Lipinski definition) is 3. The van der Waals surface area contributed by atoms with Crippen molar-refractivity contribution in [1.29, 1.82) is 0 Å². The molecule has 0 bridgehead atoms. The van der Waals surface area contributed by atoms with Gasteiger partial charge in [-0.25, -0.2) is 8.42 Å². The third kappa shape index (κ3) is 4.09. The highest BCUT2D eigenvalue weighted by Gasteiger charge is 2.01. The van der Waals surface area contributed by atoms with Crippen molar-refractivity contribution in [3.05, 3.63) is 0 Å². The minimum atomic E-state index is -4.08. The van der Waals surface area contributed by atoms with E-state index in [1.807, 2.05) is 0 Å². The van der Waals surface area contributed by atoms with Crippen LogP contribution in [0.15, 0.2) is 0 Å². The molecule has 0 aliphatic carbocycles. The first-order chi connectivity index (χ1) is 2.56. The van der Waals surface area contributed by atoms with Gasteiger partial charge in [-0.1, -0.05) is 0 Å². The minimum Gasteiger partial charge on any atom is -0.418 e. The maximum Gasteiger partial charge on any atom is 0.432 e. The molecule has 4 nitrogen and oxygen atoms in total. The molecule has 0 saturated carbocycles. The second-order valence-electron chi connectivity index (χ2n) is 0.566. The van der Waals surface area contributed by atoms with Crippen molar-refractivity contribution in [2.24, 2.45) is 0 Å². The molecular formula is H2O4SSi. The fourth-order valence-electron chi connectivity index (χ4n) is 0. The van der Waals surface area contributed by atoms with Gasteiger partial charge in [-0.15, -0.1) is 0 Å². The Labute approximate surface area is 37.1 Å². The van der Waals surface area contributed by atoms with Gasteiger partial charge in [0.25, 0.3) is 9.57 Å². The van der Waals surface area contributed by atoms with E-state index in [4.69, 9.17) is 9.35 Å². The summed E-state index contributed by atoms with van der Waals surface area (Å²) in [6.45, 7) is 0. The normalized spacial score (nSPS) is 11.7. The average molecular weight is 126 g/mol. The Bertz CT molecular complexity index is 110. The zero-order valence-corrected chi connectivity index (χ0v) is 4.44. The zero-order valence-electron chi connectivity index (χ0n) is 2.62. The molecule has 0 amide bonds. The molecule has 0 aromatic carbocycles. The van der Waals surface area contributed by atoms with E-state index in [-0.39, 0.29) is 0 Å². The largest absolute Gasteiger partial charge is 0.432 e. The van der Waals surface area contributed by atoms with Crippen LogP contribution in [-0.2, 0) is 9.57 Å². The second kappa shape index (κ2) is 1.69. The van der Waals surface area contributed by atoms with Gasteiger partial charge in [0.15, 0.2) is 0 Å². The molecular weight excluding hydrogens is 124 g/mol. The molecule has 2 N–H and O–H groups in total. The van der Waals surface area contributed by atoms with Gasteiger partial charge in [0, 0.05) is 0 Å². The molecule has 0 aromatic rings. The highest BCUT2D eigenvalue weighted by atomic mass is 32.4. The van der Waals surface area contributed by atoms with Crippen LogP contribution in [0, 0.1) is 0 Å². The summed E-state index contributed by atoms with van der Waals surface area (Å²) in [6, 6.07) is 0. The summed E-state index contributed by atoms with van der Waals surface area (Å²) in [6.07, 6.45) is 0. The lowest BCUT2D eigenvalue weighted by atomic mass is 15.9. The van der Waals surface area contributed by atoms with Crippen molar-refractivity contribution in [3.8, 4) is 0 Å². The van der Waals surface area contributed by atoms with Gasteiger partial charge in [-0.3, -0.25) is 4.55 Å². The summed E-state index contributed by atoms with van der Waals surface area (Å²) in [5.74, 6) is 0. The predicted molar refractivity (Wildman–Crippen MR) is 19.5 cm³/mol. The summed E-state index contributed by atoms with van der Waals surface area (Å²) in [5.41, 5.74) is 0. The Morgan fingerprint density at radius 3 is 1.67 bits per heavy atom. The van der Waals surface area contributed by atoms with Crippen LogP contribution in [0.3, 0.4) is 0 Å². The lowest BCUT2D eigenvalue weighted by Gasteiger charge is -1.76. The Balaban J connectivity index is 3.85. The predicted octanol–water partition coefficient (Wildman–Crippen LogP) is -1.60. The van der Waals surface area contributed by atoms with Crippen molar-refractivity contribution in [2.75, 3.05) is 0 Å². The molecule has 0 atom stereocenters. The molecule has 0 heterocycles. The second-order valence-corrected chi connectivity index (χ2v) is 3.79. The van der Waals surface area contributed by atoms with Crippen LogP contribution in [0.5, 0.6) is 0 Å². The van der Waals surface area contributed by atoms with Crippen LogP contribution in [-0.4, -0.2) is 26.7 Å². The monoisotopic (exact) mass is 126 g/mol. The van der Waals surface area contributed by atoms with Crippen molar-refractivity contribution in [2.45, 2.75) is 0 Å². The van der Waals surface area contributed by atoms with Crippen molar-refractivity contribution in [1.82, 2.24) is 0 Å². The maximum atomic E-state index is 9.32. The van der Waals surface area contributed by atoms with E-state index in [0.29, 0.717) is 0 Å². The van der Waals surface area contributed by atoms with E-state index in [9.17, 15) is 8.42 Å². The van der Waals surface area contributed by atoms with Crippen LogP contribution in [0.25, 0.3) is 0 Å². The summed E-state index contributed by atoms with van der Waals surface area (Å²) < 4.78 is 26.2. The first-order valence-electron chi connectivity index (χ1n) is 0.944. The van der Waals surface area contributed by atoms with Crippen LogP contribution in [0.4, 0.5) is 0 Å². The van der Waals surface area contributed by atoms with E-state index >= 15 is 0 Å². The SMILES string of the molecule is O=S(=O)(O)[Si]O. The number of rotatable bonds is 1. The molecule has 0 rings (SSSR count). The van der Waals surface area contributed by atoms with Crippen LogP contribution >= 0.6 is 0 Å². The third-order valence-corrected chi connectivity index (χ3v) is 1.04. The van der Waals surface area contributed by atoms with Crippen LogP contribution in [0.1, 0.15) is 0 Å². The summed E-state index contributed by atoms with van der Waals surface area (Å²) >= 11 is 0. The van der Waals surface area contributed by atoms with Gasteiger partial charge in [0.2, 0.25) is 0 Å². The lowest BCUT2D eigenvalue weighted by molar-refractivity contribution is 0.490. The lowest BCUT2D eigenvalue weighted by Crippen LogP contribution is -2.05. The van der Waals surface area contributed by atoms with Crippen molar-refractivity contribution < 1.29 is 17.8 Å². The average Bonchev–Trinajstić information content (AvgIpc) is 1.35. The highest BCUT2D eigenvalue weighted by molar-refractivity contribution is 8.09. The van der Waals surface area contributed by atoms with Gasteiger partial charge in [-0.05, 0) is 0 Å². The Morgan fingerprint density at radius 1 is 1.50 bits per heavy atom. The smallest absolute Gasteiger partial charge is 0.418 e. The molecule has 0 spiro atoms. The molecule has 0 aliphatic heterocycles. The molecule has 36 valence electrons. The molecule has 0 aromatic heterocycles. The van der Waals surface area contributed by atoms with E-state index in [1.165, 1.54) is 0 Å². The third-order valence-electron chi connectivity index (χ3n) is 0.115. The minimum absolute atomic E-state index is 1.41. The van der Waals surface area contributed by atoms with E-state index < -0.39 is 18.5 Å². The zero-order chi connectivity index (χ0) is 5.21. The van der Waals surface area contributed by atoms with Gasteiger partial charge < -0.3 is 4.80 Å². The van der Waals surface area contributed by atoms with Gasteiger partial charge in [-0.2, -0.15) is 0 Å². The van der Waals surface area contributed by atoms with Gasteiger partial charge in [0.1, 0.15) is 0 Å². The molecule has 0 saturated heterocycles. The van der Waals surface area contributed by atoms with E-state index in [2.05, 4.69) is 0 Å². The summed E-state index contributed by atoms with van der Waals surface area (Å²) in [4.78, 5) is 7.59. The number of hydrogen-bond donors (Lipinski definition) is 2. The van der Waals surface area contributed by atoms with E-state index in [0.717, 1.165) is 0 Å². The molecule has 6 heteroatoms. The Hall–Kier alpha value is 0.0869. The van der Waals surface area contributed by atoms with Gasteiger partial charge >= 0.3 is 8.91 Å². The fourth-order valence-corrected chi connectivity index (χ4v) is 0. The molecule has 2 radical (unpaired) electrons. The molecule has 0 fully saturated rings. The Morgan fingerprint density at radius 2 is 1.67 bits per heavy atom.